The molecular formula is C18H24N4O2S2. The molecule has 3 N–H and O–H groups in total. The summed E-state index contributed by atoms with van der Waals surface area (Å²) in [6.07, 6.45) is 6.16. The maximum absolute atomic E-state index is 12.5. The largest absolute Gasteiger partial charge is 0.342 e. The molecule has 0 spiro atoms. The maximum Gasteiger partial charge on any atom is 0.259 e. The standard InChI is InChI=1S/C18H24N4O2S2/c19-11-5-7-22(8-6-11)15(23)10-25-9-14-20-17(24)16-12-3-1-2-4-13(12)26-18(16)21-14/h11H,1-10,19H2,(H,20,21,24). The van der Waals surface area contributed by atoms with Crippen LogP contribution in [0.5, 0.6) is 0 Å². The Hall–Kier alpha value is -1.38. The molecule has 1 saturated heterocycles. The minimum absolute atomic E-state index is 0.0265. The van der Waals surface area contributed by atoms with Gasteiger partial charge in [0.2, 0.25) is 5.91 Å². The number of H-pyrrole nitrogens is 1. The molecule has 0 atom stereocenters. The first-order chi connectivity index (χ1) is 12.6. The van der Waals surface area contributed by atoms with E-state index in [0.717, 1.165) is 55.4 Å². The van der Waals surface area contributed by atoms with Crippen molar-refractivity contribution in [2.45, 2.75) is 50.3 Å². The summed E-state index contributed by atoms with van der Waals surface area (Å²) in [4.78, 5) is 36.5. The number of piperidine rings is 1. The Labute approximate surface area is 160 Å². The van der Waals surface area contributed by atoms with Gasteiger partial charge in [0.05, 0.1) is 16.9 Å². The first-order valence-electron chi connectivity index (χ1n) is 9.26. The summed E-state index contributed by atoms with van der Waals surface area (Å²) in [5.41, 5.74) is 7.07. The lowest BCUT2D eigenvalue weighted by Gasteiger charge is -2.30. The second-order valence-electron chi connectivity index (χ2n) is 7.11. The quantitative estimate of drug-likeness (QED) is 0.831. The third kappa shape index (κ3) is 3.68. The lowest BCUT2D eigenvalue weighted by Crippen LogP contribution is -2.43. The van der Waals surface area contributed by atoms with Crippen molar-refractivity contribution in [1.82, 2.24) is 14.9 Å². The predicted molar refractivity (Wildman–Crippen MR) is 107 cm³/mol. The van der Waals surface area contributed by atoms with Crippen LogP contribution in [-0.2, 0) is 23.4 Å². The van der Waals surface area contributed by atoms with Crippen LogP contribution in [0.1, 0.15) is 41.9 Å². The summed E-state index contributed by atoms with van der Waals surface area (Å²) >= 11 is 3.17. The second-order valence-corrected chi connectivity index (χ2v) is 9.18. The average Bonchev–Trinajstić information content (AvgIpc) is 3.01. The normalized spacial score (nSPS) is 18.3. The zero-order valence-corrected chi connectivity index (χ0v) is 16.4. The lowest BCUT2D eigenvalue weighted by molar-refractivity contribution is -0.129. The number of nitrogens with one attached hydrogen (secondary N) is 1. The fourth-order valence-electron chi connectivity index (χ4n) is 3.75. The van der Waals surface area contributed by atoms with Crippen LogP contribution < -0.4 is 11.3 Å². The van der Waals surface area contributed by atoms with E-state index in [1.807, 2.05) is 4.90 Å². The van der Waals surface area contributed by atoms with Gasteiger partial charge in [-0.1, -0.05) is 0 Å². The number of carbonyl (C=O) groups excluding carboxylic acids is 1. The van der Waals surface area contributed by atoms with E-state index in [2.05, 4.69) is 9.97 Å². The van der Waals surface area contributed by atoms with Gasteiger partial charge in [0.25, 0.3) is 5.56 Å². The van der Waals surface area contributed by atoms with Crippen molar-refractivity contribution < 1.29 is 4.79 Å². The number of hydrogen-bond donors (Lipinski definition) is 2. The summed E-state index contributed by atoms with van der Waals surface area (Å²) in [5, 5.41) is 0.791. The number of aromatic nitrogens is 2. The van der Waals surface area contributed by atoms with Crippen LogP contribution in [-0.4, -0.2) is 45.7 Å². The monoisotopic (exact) mass is 392 g/mol. The van der Waals surface area contributed by atoms with Crippen LogP contribution in [0.2, 0.25) is 0 Å². The Balaban J connectivity index is 1.40. The number of aryl methyl sites for hydroxylation is 2. The van der Waals surface area contributed by atoms with E-state index in [0.29, 0.717) is 17.3 Å². The van der Waals surface area contributed by atoms with E-state index in [-0.39, 0.29) is 17.5 Å². The minimum Gasteiger partial charge on any atom is -0.342 e. The topological polar surface area (TPSA) is 92.1 Å². The molecular weight excluding hydrogens is 368 g/mol. The van der Waals surface area contributed by atoms with Gasteiger partial charge < -0.3 is 15.6 Å². The summed E-state index contributed by atoms with van der Waals surface area (Å²) in [7, 11) is 0. The van der Waals surface area contributed by atoms with Crippen LogP contribution in [0.15, 0.2) is 4.79 Å². The van der Waals surface area contributed by atoms with E-state index in [1.54, 1.807) is 11.3 Å². The molecule has 1 aliphatic heterocycles. The lowest BCUT2D eigenvalue weighted by atomic mass is 9.97. The highest BCUT2D eigenvalue weighted by Gasteiger charge is 2.21. The van der Waals surface area contributed by atoms with Crippen LogP contribution >= 0.6 is 23.1 Å². The number of thioether (sulfide) groups is 1. The Morgan fingerprint density at radius 3 is 2.88 bits per heavy atom. The van der Waals surface area contributed by atoms with E-state index in [4.69, 9.17) is 5.73 Å². The SMILES string of the molecule is NC1CCN(C(=O)CSCc2nc3sc4c(c3c(=O)[nH]2)CCCC4)CC1. The van der Waals surface area contributed by atoms with E-state index in [1.165, 1.54) is 28.6 Å². The van der Waals surface area contributed by atoms with Crippen LogP contribution in [0.25, 0.3) is 10.2 Å². The van der Waals surface area contributed by atoms with Gasteiger partial charge >= 0.3 is 0 Å². The van der Waals surface area contributed by atoms with Crippen molar-refractivity contribution >= 4 is 39.2 Å². The van der Waals surface area contributed by atoms with Crippen LogP contribution in [0, 0.1) is 0 Å². The smallest absolute Gasteiger partial charge is 0.259 e. The van der Waals surface area contributed by atoms with Crippen molar-refractivity contribution in [3.8, 4) is 0 Å². The van der Waals surface area contributed by atoms with Crippen molar-refractivity contribution in [1.29, 1.82) is 0 Å². The highest BCUT2D eigenvalue weighted by molar-refractivity contribution is 7.99. The van der Waals surface area contributed by atoms with Gasteiger partial charge in [-0.25, -0.2) is 4.98 Å². The van der Waals surface area contributed by atoms with Crippen LogP contribution in [0.3, 0.4) is 0 Å². The Morgan fingerprint density at radius 2 is 2.08 bits per heavy atom. The van der Waals surface area contributed by atoms with Crippen molar-refractivity contribution in [3.05, 3.63) is 26.6 Å². The summed E-state index contributed by atoms with van der Waals surface area (Å²) in [5.74, 6) is 1.78. The Kier molecular flexibility index (Phi) is 5.33. The van der Waals surface area contributed by atoms with Gasteiger partial charge in [-0.15, -0.1) is 23.1 Å². The molecule has 0 saturated carbocycles. The molecule has 8 heteroatoms. The van der Waals surface area contributed by atoms with Crippen LogP contribution in [0.4, 0.5) is 0 Å². The van der Waals surface area contributed by atoms with Gasteiger partial charge in [0.15, 0.2) is 0 Å². The molecule has 2 aliphatic rings. The number of fused-ring (bicyclic) bond motifs is 3. The molecule has 4 rings (SSSR count). The fourth-order valence-corrected chi connectivity index (χ4v) is 5.82. The predicted octanol–water partition coefficient (Wildman–Crippen LogP) is 2.05. The Bertz CT molecular complexity index is 868. The summed E-state index contributed by atoms with van der Waals surface area (Å²) in [6.45, 7) is 1.50. The zero-order valence-electron chi connectivity index (χ0n) is 14.8. The van der Waals surface area contributed by atoms with E-state index >= 15 is 0 Å². The number of thiophene rings is 1. The van der Waals surface area contributed by atoms with Gasteiger partial charge in [0, 0.05) is 24.0 Å². The Morgan fingerprint density at radius 1 is 1.31 bits per heavy atom. The molecule has 0 bridgehead atoms. The number of hydrogen-bond acceptors (Lipinski definition) is 6. The highest BCUT2D eigenvalue weighted by atomic mass is 32.2. The third-order valence-corrected chi connectivity index (χ3v) is 7.35. The highest BCUT2D eigenvalue weighted by Crippen LogP contribution is 2.33. The number of amides is 1. The number of carbonyl (C=O) groups is 1. The molecule has 2 aromatic heterocycles. The van der Waals surface area contributed by atoms with Crippen molar-refractivity contribution in [2.24, 2.45) is 5.73 Å². The average molecular weight is 393 g/mol. The minimum atomic E-state index is -0.0265. The summed E-state index contributed by atoms with van der Waals surface area (Å²) < 4.78 is 0. The third-order valence-electron chi connectivity index (χ3n) is 5.23. The number of aromatic amines is 1. The van der Waals surface area contributed by atoms with E-state index in [9.17, 15) is 9.59 Å². The molecule has 0 radical (unpaired) electrons. The molecule has 140 valence electrons. The first-order valence-corrected chi connectivity index (χ1v) is 11.2. The van der Waals surface area contributed by atoms with E-state index < -0.39 is 0 Å². The number of nitrogens with zero attached hydrogens (tertiary/aromatic N) is 2. The van der Waals surface area contributed by atoms with Gasteiger partial charge in [-0.2, -0.15) is 0 Å². The molecule has 3 heterocycles. The fraction of sp³-hybridized carbons (Fsp3) is 0.611. The summed E-state index contributed by atoms with van der Waals surface area (Å²) in [6, 6.07) is 0.226. The maximum atomic E-state index is 12.5. The van der Waals surface area contributed by atoms with Crippen molar-refractivity contribution in [3.63, 3.8) is 0 Å². The molecule has 26 heavy (non-hydrogen) atoms. The molecule has 0 aromatic carbocycles. The number of likely N-dealkylation sites (tertiary alicyclic amines) is 1. The molecule has 1 aliphatic carbocycles. The van der Waals surface area contributed by atoms with Crippen molar-refractivity contribution in [2.75, 3.05) is 18.8 Å². The molecule has 2 aromatic rings. The number of nitrogens with two attached hydrogens (primary N) is 1. The first kappa shape index (κ1) is 18.0. The van der Waals surface area contributed by atoms with Gasteiger partial charge in [-0.05, 0) is 44.1 Å². The molecule has 1 fully saturated rings. The number of rotatable bonds is 4. The molecule has 6 nitrogen and oxygen atoms in total. The zero-order chi connectivity index (χ0) is 18.1. The van der Waals surface area contributed by atoms with Gasteiger partial charge in [-0.3, -0.25) is 9.59 Å². The van der Waals surface area contributed by atoms with Gasteiger partial charge in [0.1, 0.15) is 10.7 Å². The molecule has 1 amide bonds. The molecule has 0 unspecified atom stereocenters. The second kappa shape index (κ2) is 7.70.